The first-order chi connectivity index (χ1) is 10.2. The molecule has 1 aromatic heterocycles. The summed E-state index contributed by atoms with van der Waals surface area (Å²) >= 11 is 0. The van der Waals surface area contributed by atoms with Crippen molar-refractivity contribution in [2.45, 2.75) is 25.0 Å². The minimum atomic E-state index is -0.783. The monoisotopic (exact) mass is 290 g/mol. The molecule has 6 heteroatoms. The molecular weight excluding hydrogens is 271 g/mol. The third-order valence-corrected chi connectivity index (χ3v) is 4.07. The highest BCUT2D eigenvalue weighted by atomic mass is 19.1. The summed E-state index contributed by atoms with van der Waals surface area (Å²) in [7, 11) is 0. The second-order valence-electron chi connectivity index (χ2n) is 5.45. The maximum atomic E-state index is 13.6. The van der Waals surface area contributed by atoms with Gasteiger partial charge in [-0.3, -0.25) is 0 Å². The van der Waals surface area contributed by atoms with E-state index in [4.69, 9.17) is 0 Å². The van der Waals surface area contributed by atoms with Gasteiger partial charge in [0.05, 0.1) is 18.3 Å². The van der Waals surface area contributed by atoms with E-state index in [-0.39, 0.29) is 5.82 Å². The number of aliphatic hydroxyl groups excluding tert-OH is 1. The summed E-state index contributed by atoms with van der Waals surface area (Å²) in [4.78, 5) is 2.17. The van der Waals surface area contributed by atoms with Gasteiger partial charge < -0.3 is 10.0 Å². The van der Waals surface area contributed by atoms with Gasteiger partial charge in [-0.05, 0) is 18.9 Å². The number of nitrogens with zero attached hydrogens (tertiary/aromatic N) is 4. The van der Waals surface area contributed by atoms with Crippen LogP contribution in [-0.4, -0.2) is 44.6 Å². The van der Waals surface area contributed by atoms with Crippen molar-refractivity contribution in [3.05, 3.63) is 48.0 Å². The average molecular weight is 290 g/mol. The molecule has 1 aromatic carbocycles. The fourth-order valence-electron chi connectivity index (χ4n) is 2.87. The predicted octanol–water partition coefficient (Wildman–Crippen LogP) is 1.79. The van der Waals surface area contributed by atoms with Gasteiger partial charge in [-0.15, -0.1) is 5.10 Å². The third kappa shape index (κ3) is 3.28. The van der Waals surface area contributed by atoms with Crippen LogP contribution in [0.1, 0.15) is 30.6 Å². The van der Waals surface area contributed by atoms with Crippen molar-refractivity contribution in [1.82, 2.24) is 19.9 Å². The Morgan fingerprint density at radius 3 is 2.71 bits per heavy atom. The van der Waals surface area contributed by atoms with E-state index in [1.165, 1.54) is 6.07 Å². The van der Waals surface area contributed by atoms with E-state index in [1.807, 2.05) is 10.9 Å². The van der Waals surface area contributed by atoms with E-state index in [1.54, 1.807) is 24.4 Å². The second-order valence-corrected chi connectivity index (χ2v) is 5.45. The lowest BCUT2D eigenvalue weighted by molar-refractivity contribution is 0.0865. The van der Waals surface area contributed by atoms with Gasteiger partial charge in [0.15, 0.2) is 0 Å². The zero-order chi connectivity index (χ0) is 14.7. The molecule has 5 nitrogen and oxygen atoms in total. The van der Waals surface area contributed by atoms with Crippen LogP contribution in [-0.2, 0) is 0 Å². The van der Waals surface area contributed by atoms with Crippen molar-refractivity contribution >= 4 is 0 Å². The molecule has 1 aliphatic heterocycles. The Morgan fingerprint density at radius 1 is 1.29 bits per heavy atom. The molecule has 112 valence electrons. The lowest BCUT2D eigenvalue weighted by atomic mass is 10.0. The van der Waals surface area contributed by atoms with Crippen molar-refractivity contribution in [2.24, 2.45) is 0 Å². The summed E-state index contributed by atoms with van der Waals surface area (Å²) in [5.41, 5.74) is 0.371. The molecule has 1 saturated heterocycles. The molecule has 1 N–H and O–H groups in total. The number of likely N-dealkylation sites (tertiary alicyclic amines) is 1. The molecule has 0 amide bonds. The first kappa shape index (κ1) is 14.2. The maximum Gasteiger partial charge on any atom is 0.129 e. The zero-order valence-corrected chi connectivity index (χ0v) is 11.8. The van der Waals surface area contributed by atoms with Crippen LogP contribution >= 0.6 is 0 Å². The Balaban J connectivity index is 1.55. The molecule has 2 heterocycles. The number of β-amino-alcohol motifs (C(OH)–C–C–N with tert-alkyl or cyclic N) is 1. The minimum absolute atomic E-state index is 0.345. The van der Waals surface area contributed by atoms with E-state index in [0.29, 0.717) is 18.2 Å². The van der Waals surface area contributed by atoms with Gasteiger partial charge in [0.2, 0.25) is 0 Å². The van der Waals surface area contributed by atoms with Crippen LogP contribution in [0.4, 0.5) is 4.39 Å². The van der Waals surface area contributed by atoms with Gasteiger partial charge in [0, 0.05) is 31.4 Å². The number of aliphatic hydroxyl groups is 1. The van der Waals surface area contributed by atoms with Crippen molar-refractivity contribution in [2.75, 3.05) is 19.6 Å². The van der Waals surface area contributed by atoms with E-state index >= 15 is 0 Å². The molecule has 0 spiro atoms. The van der Waals surface area contributed by atoms with E-state index < -0.39 is 6.10 Å². The summed E-state index contributed by atoms with van der Waals surface area (Å²) in [6.07, 6.45) is 4.72. The maximum absolute atomic E-state index is 13.6. The van der Waals surface area contributed by atoms with Crippen molar-refractivity contribution < 1.29 is 9.50 Å². The lowest BCUT2D eigenvalue weighted by Gasteiger charge is -2.33. The molecule has 1 fully saturated rings. The fourth-order valence-corrected chi connectivity index (χ4v) is 2.87. The molecule has 1 atom stereocenters. The normalized spacial score (nSPS) is 18.8. The summed E-state index contributed by atoms with van der Waals surface area (Å²) < 4.78 is 15.5. The topological polar surface area (TPSA) is 54.2 Å². The predicted molar refractivity (Wildman–Crippen MR) is 76.1 cm³/mol. The van der Waals surface area contributed by atoms with Crippen LogP contribution in [0.2, 0.25) is 0 Å². The van der Waals surface area contributed by atoms with Crippen molar-refractivity contribution in [3.8, 4) is 0 Å². The van der Waals surface area contributed by atoms with Gasteiger partial charge in [0.25, 0.3) is 0 Å². The van der Waals surface area contributed by atoms with Gasteiger partial charge >= 0.3 is 0 Å². The Hall–Kier alpha value is -1.79. The van der Waals surface area contributed by atoms with E-state index in [9.17, 15) is 9.50 Å². The highest BCUT2D eigenvalue weighted by Gasteiger charge is 2.23. The number of benzene rings is 1. The number of piperidine rings is 1. The average Bonchev–Trinajstić information content (AvgIpc) is 3.02. The first-order valence-electron chi connectivity index (χ1n) is 7.24. The SMILES string of the molecule is OC(CN1CCC(n2ccnn2)CC1)c1ccccc1F. The van der Waals surface area contributed by atoms with Crippen LogP contribution in [0.15, 0.2) is 36.7 Å². The zero-order valence-electron chi connectivity index (χ0n) is 11.8. The standard InChI is InChI=1S/C15H19FN4O/c16-14-4-2-1-3-13(14)15(21)11-19-8-5-12(6-9-19)20-10-7-17-18-20/h1-4,7,10,12,15,21H,5-6,8-9,11H2. The third-order valence-electron chi connectivity index (χ3n) is 4.07. The quantitative estimate of drug-likeness (QED) is 0.932. The smallest absolute Gasteiger partial charge is 0.129 e. The summed E-state index contributed by atoms with van der Waals surface area (Å²) in [6.45, 7) is 2.21. The first-order valence-corrected chi connectivity index (χ1v) is 7.24. The molecule has 21 heavy (non-hydrogen) atoms. The number of hydrogen-bond acceptors (Lipinski definition) is 4. The summed E-state index contributed by atoms with van der Waals surface area (Å²) in [5, 5.41) is 18.1. The van der Waals surface area contributed by atoms with Gasteiger partial charge in [0.1, 0.15) is 5.82 Å². The number of aromatic nitrogens is 3. The molecular formula is C15H19FN4O. The fraction of sp³-hybridized carbons (Fsp3) is 0.467. The second kappa shape index (κ2) is 6.32. The van der Waals surface area contributed by atoms with Crippen LogP contribution in [0.25, 0.3) is 0 Å². The van der Waals surface area contributed by atoms with Gasteiger partial charge in [-0.2, -0.15) is 0 Å². The number of hydrogen-bond donors (Lipinski definition) is 1. The van der Waals surface area contributed by atoms with Crippen LogP contribution in [0, 0.1) is 5.82 Å². The molecule has 0 saturated carbocycles. The highest BCUT2D eigenvalue weighted by Crippen LogP contribution is 2.24. The molecule has 3 rings (SSSR count). The van der Waals surface area contributed by atoms with E-state index in [0.717, 1.165) is 25.9 Å². The summed E-state index contributed by atoms with van der Waals surface area (Å²) in [5.74, 6) is -0.345. The van der Waals surface area contributed by atoms with Gasteiger partial charge in [-0.25, -0.2) is 9.07 Å². The highest BCUT2D eigenvalue weighted by molar-refractivity contribution is 5.20. The Bertz CT molecular complexity index is 567. The Kier molecular flexibility index (Phi) is 4.26. The van der Waals surface area contributed by atoms with Crippen LogP contribution in [0.5, 0.6) is 0 Å². The largest absolute Gasteiger partial charge is 0.387 e. The Labute approximate surface area is 123 Å². The van der Waals surface area contributed by atoms with Crippen LogP contribution < -0.4 is 0 Å². The lowest BCUT2D eigenvalue weighted by Crippen LogP contribution is -2.37. The molecule has 2 aromatic rings. The van der Waals surface area contributed by atoms with Crippen LogP contribution in [0.3, 0.4) is 0 Å². The van der Waals surface area contributed by atoms with Gasteiger partial charge in [-0.1, -0.05) is 23.4 Å². The number of rotatable bonds is 4. The molecule has 0 bridgehead atoms. The molecule has 1 unspecified atom stereocenters. The molecule has 1 aliphatic rings. The van der Waals surface area contributed by atoms with Crippen molar-refractivity contribution in [1.29, 1.82) is 0 Å². The Morgan fingerprint density at radius 2 is 2.05 bits per heavy atom. The minimum Gasteiger partial charge on any atom is -0.387 e. The van der Waals surface area contributed by atoms with E-state index in [2.05, 4.69) is 15.2 Å². The van der Waals surface area contributed by atoms with Crippen molar-refractivity contribution in [3.63, 3.8) is 0 Å². The summed E-state index contributed by atoms with van der Waals surface area (Å²) in [6, 6.07) is 6.78. The molecule has 0 aliphatic carbocycles. The molecule has 0 radical (unpaired) electrons. The number of halogens is 1.